The van der Waals surface area contributed by atoms with E-state index in [4.69, 9.17) is 16.7 Å². The number of carboxylic acids is 1. The lowest BCUT2D eigenvalue weighted by Crippen LogP contribution is -2.30. The maximum absolute atomic E-state index is 12.5. The number of nitrogens with one attached hydrogen (secondary N) is 1. The molecule has 2 rings (SSSR count). The zero-order chi connectivity index (χ0) is 18.6. The van der Waals surface area contributed by atoms with E-state index in [2.05, 4.69) is 4.72 Å². The third kappa shape index (κ3) is 4.99. The van der Waals surface area contributed by atoms with Crippen LogP contribution in [0.2, 0.25) is 5.02 Å². The first-order valence-corrected chi connectivity index (χ1v) is 8.79. The van der Waals surface area contributed by atoms with Gasteiger partial charge in [-0.1, -0.05) is 29.8 Å². The highest BCUT2D eigenvalue weighted by Crippen LogP contribution is 2.24. The second-order valence-corrected chi connectivity index (χ2v) is 7.23. The Hall–Kier alpha value is -2.49. The van der Waals surface area contributed by atoms with Crippen LogP contribution in [-0.4, -0.2) is 24.4 Å². The molecule has 10 heteroatoms. The van der Waals surface area contributed by atoms with E-state index in [9.17, 15) is 23.3 Å². The van der Waals surface area contributed by atoms with Gasteiger partial charge in [0.1, 0.15) is 0 Å². The van der Waals surface area contributed by atoms with Crippen LogP contribution in [0.5, 0.6) is 0 Å². The van der Waals surface area contributed by atoms with Crippen molar-refractivity contribution in [2.75, 3.05) is 0 Å². The number of carboxylic acid groups (broad SMARTS) is 1. The van der Waals surface area contributed by atoms with Crippen LogP contribution < -0.4 is 4.72 Å². The Balaban J connectivity index is 2.36. The Kier molecular flexibility index (Phi) is 5.73. The number of nitro groups is 1. The monoisotopic (exact) mass is 384 g/mol. The summed E-state index contributed by atoms with van der Waals surface area (Å²) >= 11 is 5.78. The molecule has 2 aromatic rings. The summed E-state index contributed by atoms with van der Waals surface area (Å²) in [5.74, 6) is -1.21. The molecule has 0 aromatic heterocycles. The number of hydrogen-bond donors (Lipinski definition) is 2. The Labute approximate surface area is 148 Å². The predicted molar refractivity (Wildman–Crippen MR) is 89.9 cm³/mol. The van der Waals surface area contributed by atoms with E-state index in [1.54, 1.807) is 0 Å². The molecule has 0 amide bonds. The largest absolute Gasteiger partial charge is 0.481 e. The average molecular weight is 385 g/mol. The Morgan fingerprint density at radius 1 is 1.24 bits per heavy atom. The Morgan fingerprint density at radius 2 is 1.88 bits per heavy atom. The van der Waals surface area contributed by atoms with Gasteiger partial charge in [-0.25, -0.2) is 13.1 Å². The fraction of sp³-hybridized carbons (Fsp3) is 0.133. The number of hydrogen-bond acceptors (Lipinski definition) is 5. The summed E-state index contributed by atoms with van der Waals surface area (Å²) in [5, 5.41) is 20.3. The van der Waals surface area contributed by atoms with Gasteiger partial charge in [0, 0.05) is 17.2 Å². The van der Waals surface area contributed by atoms with Crippen LogP contribution in [0.25, 0.3) is 0 Å². The van der Waals surface area contributed by atoms with Crippen LogP contribution in [0.1, 0.15) is 18.0 Å². The first kappa shape index (κ1) is 18.8. The molecule has 0 saturated heterocycles. The van der Waals surface area contributed by atoms with E-state index in [0.717, 1.165) is 12.1 Å². The second-order valence-electron chi connectivity index (χ2n) is 5.08. The number of aliphatic carboxylic acids is 1. The zero-order valence-corrected chi connectivity index (χ0v) is 14.2. The molecule has 0 fully saturated rings. The summed E-state index contributed by atoms with van der Waals surface area (Å²) in [6.07, 6.45) is -0.504. The number of rotatable bonds is 7. The number of carbonyl (C=O) groups is 1. The van der Waals surface area contributed by atoms with E-state index in [0.29, 0.717) is 10.6 Å². The molecule has 0 aliphatic carbocycles. The van der Waals surface area contributed by atoms with E-state index in [1.807, 2.05) is 0 Å². The van der Waals surface area contributed by atoms with Crippen molar-refractivity contribution in [3.63, 3.8) is 0 Å². The fourth-order valence-corrected chi connectivity index (χ4v) is 3.51. The lowest BCUT2D eigenvalue weighted by Gasteiger charge is -2.17. The molecule has 1 atom stereocenters. The summed E-state index contributed by atoms with van der Waals surface area (Å²) < 4.78 is 27.2. The highest BCUT2D eigenvalue weighted by Gasteiger charge is 2.25. The molecule has 1 unspecified atom stereocenters. The predicted octanol–water partition coefficient (Wildman–Crippen LogP) is 2.74. The van der Waals surface area contributed by atoms with Crippen LogP contribution in [0, 0.1) is 10.1 Å². The van der Waals surface area contributed by atoms with Crippen molar-refractivity contribution in [1.29, 1.82) is 0 Å². The molecule has 0 aliphatic rings. The normalized spacial score (nSPS) is 12.5. The fourth-order valence-electron chi connectivity index (χ4n) is 2.12. The van der Waals surface area contributed by atoms with E-state index >= 15 is 0 Å². The molecular weight excluding hydrogens is 372 g/mol. The Bertz CT molecular complexity index is 898. The van der Waals surface area contributed by atoms with Gasteiger partial charge in [-0.15, -0.1) is 0 Å². The van der Waals surface area contributed by atoms with Crippen LogP contribution in [0.3, 0.4) is 0 Å². The van der Waals surface area contributed by atoms with Crippen molar-refractivity contribution >= 4 is 33.3 Å². The van der Waals surface area contributed by atoms with Crippen LogP contribution in [0.4, 0.5) is 5.69 Å². The maximum atomic E-state index is 12.5. The molecule has 0 heterocycles. The third-order valence-corrected chi connectivity index (χ3v) is 5.01. The van der Waals surface area contributed by atoms with Crippen molar-refractivity contribution in [1.82, 2.24) is 4.72 Å². The molecule has 0 saturated carbocycles. The summed E-state index contributed by atoms with van der Waals surface area (Å²) in [7, 11) is -4.17. The standard InChI is InChI=1S/C15H13ClN2O6S/c16-11-6-4-10(5-7-11)14(9-15(19)20)17-25(23,24)13-3-1-2-12(8-13)18(21)22/h1-8,14,17H,9H2,(H,19,20). The smallest absolute Gasteiger partial charge is 0.305 e. The highest BCUT2D eigenvalue weighted by molar-refractivity contribution is 7.89. The molecule has 0 aliphatic heterocycles. The molecule has 2 N–H and O–H groups in total. The summed E-state index contributed by atoms with van der Waals surface area (Å²) in [4.78, 5) is 20.8. The number of benzene rings is 2. The van der Waals surface area contributed by atoms with Gasteiger partial charge in [0.05, 0.1) is 22.3 Å². The lowest BCUT2D eigenvalue weighted by atomic mass is 10.1. The first-order valence-electron chi connectivity index (χ1n) is 6.93. The van der Waals surface area contributed by atoms with Gasteiger partial charge in [-0.2, -0.15) is 0 Å². The lowest BCUT2D eigenvalue weighted by molar-refractivity contribution is -0.385. The van der Waals surface area contributed by atoms with E-state index in [1.165, 1.54) is 36.4 Å². The van der Waals surface area contributed by atoms with Crippen molar-refractivity contribution in [3.8, 4) is 0 Å². The molecule has 132 valence electrons. The molecular formula is C15H13ClN2O6S. The number of sulfonamides is 1. The van der Waals surface area contributed by atoms with Gasteiger partial charge < -0.3 is 5.11 Å². The van der Waals surface area contributed by atoms with Crippen molar-refractivity contribution < 1.29 is 23.2 Å². The molecule has 0 spiro atoms. The highest BCUT2D eigenvalue weighted by atomic mass is 35.5. The van der Waals surface area contributed by atoms with Crippen LogP contribution in [0.15, 0.2) is 53.4 Å². The minimum absolute atomic E-state index is 0.328. The zero-order valence-electron chi connectivity index (χ0n) is 12.6. The van der Waals surface area contributed by atoms with E-state index in [-0.39, 0.29) is 10.6 Å². The van der Waals surface area contributed by atoms with Gasteiger partial charge >= 0.3 is 5.97 Å². The SMILES string of the molecule is O=C(O)CC(NS(=O)(=O)c1cccc([N+](=O)[O-])c1)c1ccc(Cl)cc1. The summed E-state index contributed by atoms with van der Waals surface area (Å²) in [6, 6.07) is 9.46. The van der Waals surface area contributed by atoms with Gasteiger partial charge in [-0.3, -0.25) is 14.9 Å². The third-order valence-electron chi connectivity index (χ3n) is 3.29. The van der Waals surface area contributed by atoms with Crippen molar-refractivity contribution in [2.24, 2.45) is 0 Å². The number of non-ortho nitro benzene ring substituents is 1. The average Bonchev–Trinajstić information content (AvgIpc) is 2.54. The van der Waals surface area contributed by atoms with Crippen LogP contribution >= 0.6 is 11.6 Å². The Morgan fingerprint density at radius 3 is 2.44 bits per heavy atom. The van der Waals surface area contributed by atoms with Gasteiger partial charge in [0.15, 0.2) is 0 Å². The quantitative estimate of drug-likeness (QED) is 0.558. The molecule has 2 aromatic carbocycles. The van der Waals surface area contributed by atoms with Crippen molar-refractivity contribution in [2.45, 2.75) is 17.4 Å². The van der Waals surface area contributed by atoms with Crippen LogP contribution in [-0.2, 0) is 14.8 Å². The summed E-state index contributed by atoms with van der Waals surface area (Å²) in [5.41, 5.74) is 0.0185. The van der Waals surface area contributed by atoms with Crippen molar-refractivity contribution in [3.05, 3.63) is 69.2 Å². The second kappa shape index (κ2) is 7.60. The van der Waals surface area contributed by atoms with E-state index < -0.39 is 33.4 Å². The molecule has 25 heavy (non-hydrogen) atoms. The van der Waals surface area contributed by atoms with Gasteiger partial charge in [0.25, 0.3) is 5.69 Å². The van der Waals surface area contributed by atoms with Gasteiger partial charge in [-0.05, 0) is 23.8 Å². The number of halogens is 1. The number of nitro benzene ring substituents is 1. The minimum atomic E-state index is -4.17. The molecule has 8 nitrogen and oxygen atoms in total. The molecule has 0 radical (unpaired) electrons. The topological polar surface area (TPSA) is 127 Å². The maximum Gasteiger partial charge on any atom is 0.305 e. The number of nitrogens with zero attached hydrogens (tertiary/aromatic N) is 1. The minimum Gasteiger partial charge on any atom is -0.481 e. The first-order chi connectivity index (χ1) is 11.7. The molecule has 0 bridgehead atoms. The van der Waals surface area contributed by atoms with Gasteiger partial charge in [0.2, 0.25) is 10.0 Å². The summed E-state index contributed by atoms with van der Waals surface area (Å²) in [6.45, 7) is 0.